The minimum atomic E-state index is 0.302. The van der Waals surface area contributed by atoms with Crippen LogP contribution < -0.4 is 14.8 Å². The highest BCUT2D eigenvalue weighted by Crippen LogP contribution is 2.33. The number of fused-ring (bicyclic) bond motifs is 1. The second kappa shape index (κ2) is 5.97. The average molecular weight is 269 g/mol. The summed E-state index contributed by atoms with van der Waals surface area (Å²) in [6.07, 6.45) is 0. The third kappa shape index (κ3) is 2.78. The highest BCUT2D eigenvalue weighted by molar-refractivity contribution is 5.47. The van der Waals surface area contributed by atoms with Crippen LogP contribution in [0.2, 0.25) is 0 Å². The lowest BCUT2D eigenvalue weighted by Gasteiger charge is -2.22. The molecule has 2 aromatic rings. The number of benzene rings is 2. The molecule has 0 spiro atoms. The molecule has 1 aliphatic heterocycles. The number of hydrogen-bond acceptors (Lipinski definition) is 3. The van der Waals surface area contributed by atoms with E-state index in [1.54, 1.807) is 0 Å². The van der Waals surface area contributed by atoms with Crippen LogP contribution in [0.15, 0.2) is 48.5 Å². The van der Waals surface area contributed by atoms with Crippen molar-refractivity contribution < 1.29 is 9.47 Å². The van der Waals surface area contributed by atoms with Crippen LogP contribution in [-0.4, -0.2) is 13.2 Å². The molecule has 1 aliphatic rings. The minimum absolute atomic E-state index is 0.302. The molecule has 0 radical (unpaired) electrons. The van der Waals surface area contributed by atoms with Crippen molar-refractivity contribution in [3.63, 3.8) is 0 Å². The Kier molecular flexibility index (Phi) is 3.88. The van der Waals surface area contributed by atoms with Gasteiger partial charge in [0.05, 0.1) is 0 Å². The first kappa shape index (κ1) is 13.0. The van der Waals surface area contributed by atoms with Gasteiger partial charge in [0.2, 0.25) is 0 Å². The summed E-state index contributed by atoms with van der Waals surface area (Å²) >= 11 is 0. The molecule has 1 N–H and O–H groups in total. The molecular formula is C17H19NO2. The van der Waals surface area contributed by atoms with Crippen LogP contribution >= 0.6 is 0 Å². The van der Waals surface area contributed by atoms with E-state index in [0.29, 0.717) is 19.3 Å². The number of para-hydroxylation sites is 1. The normalized spacial score (nSPS) is 14.8. The molecule has 1 unspecified atom stereocenters. The monoisotopic (exact) mass is 269 g/mol. The Bertz CT molecular complexity index is 568. The first-order valence-electron chi connectivity index (χ1n) is 7.00. The van der Waals surface area contributed by atoms with E-state index in [1.807, 2.05) is 18.2 Å². The molecule has 0 amide bonds. The van der Waals surface area contributed by atoms with Crippen LogP contribution in [0.3, 0.4) is 0 Å². The Morgan fingerprint density at radius 1 is 1.00 bits per heavy atom. The topological polar surface area (TPSA) is 30.5 Å². The molecule has 3 rings (SSSR count). The second-order valence-electron chi connectivity index (χ2n) is 4.95. The summed E-state index contributed by atoms with van der Waals surface area (Å²) in [7, 11) is 0. The Balaban J connectivity index is 1.70. The van der Waals surface area contributed by atoms with E-state index < -0.39 is 0 Å². The maximum absolute atomic E-state index is 5.73. The Labute approximate surface area is 119 Å². The lowest BCUT2D eigenvalue weighted by molar-refractivity contribution is 0.169. The molecular weight excluding hydrogens is 250 g/mol. The molecule has 20 heavy (non-hydrogen) atoms. The molecule has 0 saturated carbocycles. The fourth-order valence-corrected chi connectivity index (χ4v) is 2.40. The largest absolute Gasteiger partial charge is 0.486 e. The first-order chi connectivity index (χ1) is 9.84. The Morgan fingerprint density at radius 3 is 2.65 bits per heavy atom. The lowest BCUT2D eigenvalue weighted by Crippen LogP contribution is -2.21. The van der Waals surface area contributed by atoms with E-state index in [-0.39, 0.29) is 0 Å². The summed E-state index contributed by atoms with van der Waals surface area (Å²) in [5, 5.41) is 3.53. The van der Waals surface area contributed by atoms with Gasteiger partial charge in [-0.2, -0.15) is 0 Å². The van der Waals surface area contributed by atoms with Crippen LogP contribution in [-0.2, 0) is 6.54 Å². The van der Waals surface area contributed by atoms with Crippen LogP contribution in [0.4, 0.5) is 0 Å². The Morgan fingerprint density at radius 2 is 1.80 bits per heavy atom. The van der Waals surface area contributed by atoms with E-state index in [2.05, 4.69) is 42.6 Å². The van der Waals surface area contributed by atoms with Crippen molar-refractivity contribution in [3.05, 3.63) is 59.7 Å². The van der Waals surface area contributed by atoms with Gasteiger partial charge in [0.1, 0.15) is 13.2 Å². The van der Waals surface area contributed by atoms with Crippen LogP contribution in [0.1, 0.15) is 24.1 Å². The van der Waals surface area contributed by atoms with Crippen LogP contribution in [0.25, 0.3) is 0 Å². The molecule has 0 aliphatic carbocycles. The minimum Gasteiger partial charge on any atom is -0.486 e. The SMILES string of the molecule is CC(NCc1cccc2c1OCCO2)c1ccccc1. The molecule has 2 aromatic carbocycles. The molecule has 1 heterocycles. The highest BCUT2D eigenvalue weighted by Gasteiger charge is 2.15. The fourth-order valence-electron chi connectivity index (χ4n) is 2.40. The van der Waals surface area contributed by atoms with E-state index in [9.17, 15) is 0 Å². The van der Waals surface area contributed by atoms with Crippen LogP contribution in [0.5, 0.6) is 11.5 Å². The third-order valence-electron chi connectivity index (χ3n) is 3.55. The standard InChI is InChI=1S/C17H19NO2/c1-13(14-6-3-2-4-7-14)18-12-15-8-5-9-16-17(15)20-11-10-19-16/h2-9,13,18H,10-12H2,1H3. The van der Waals surface area contributed by atoms with E-state index in [1.165, 1.54) is 5.56 Å². The van der Waals surface area contributed by atoms with Gasteiger partial charge in [-0.25, -0.2) is 0 Å². The van der Waals surface area contributed by atoms with Crippen molar-refractivity contribution >= 4 is 0 Å². The molecule has 0 fully saturated rings. The Hall–Kier alpha value is -2.00. The highest BCUT2D eigenvalue weighted by atomic mass is 16.6. The predicted molar refractivity (Wildman–Crippen MR) is 79.1 cm³/mol. The van der Waals surface area contributed by atoms with Gasteiger partial charge >= 0.3 is 0 Å². The van der Waals surface area contributed by atoms with Crippen molar-refractivity contribution in [1.29, 1.82) is 0 Å². The maximum atomic E-state index is 5.73. The molecule has 1 atom stereocenters. The maximum Gasteiger partial charge on any atom is 0.165 e. The van der Waals surface area contributed by atoms with Gasteiger partial charge in [-0.15, -0.1) is 0 Å². The van der Waals surface area contributed by atoms with Crippen molar-refractivity contribution in [2.45, 2.75) is 19.5 Å². The van der Waals surface area contributed by atoms with Gasteiger partial charge in [0.15, 0.2) is 11.5 Å². The van der Waals surface area contributed by atoms with E-state index in [0.717, 1.165) is 23.6 Å². The zero-order chi connectivity index (χ0) is 13.8. The molecule has 0 bridgehead atoms. The van der Waals surface area contributed by atoms with Gasteiger partial charge in [-0.1, -0.05) is 42.5 Å². The number of ether oxygens (including phenoxy) is 2. The zero-order valence-corrected chi connectivity index (χ0v) is 11.6. The molecule has 3 nitrogen and oxygen atoms in total. The summed E-state index contributed by atoms with van der Waals surface area (Å²) < 4.78 is 11.3. The van der Waals surface area contributed by atoms with Gasteiger partial charge in [-0.05, 0) is 18.6 Å². The van der Waals surface area contributed by atoms with Gasteiger partial charge in [0.25, 0.3) is 0 Å². The fraction of sp³-hybridized carbons (Fsp3) is 0.294. The first-order valence-corrected chi connectivity index (χ1v) is 7.00. The van der Waals surface area contributed by atoms with Crippen LogP contribution in [0, 0.1) is 0 Å². The van der Waals surface area contributed by atoms with Crippen molar-refractivity contribution in [1.82, 2.24) is 5.32 Å². The van der Waals surface area contributed by atoms with Crippen molar-refractivity contribution in [2.24, 2.45) is 0 Å². The number of rotatable bonds is 4. The summed E-state index contributed by atoms with van der Waals surface area (Å²) in [4.78, 5) is 0. The molecule has 0 saturated heterocycles. The number of nitrogens with one attached hydrogen (secondary N) is 1. The summed E-state index contributed by atoms with van der Waals surface area (Å²) in [6, 6.07) is 16.8. The zero-order valence-electron chi connectivity index (χ0n) is 11.6. The second-order valence-corrected chi connectivity index (χ2v) is 4.95. The molecule has 0 aromatic heterocycles. The summed E-state index contributed by atoms with van der Waals surface area (Å²) in [6.45, 7) is 4.19. The van der Waals surface area contributed by atoms with E-state index in [4.69, 9.17) is 9.47 Å². The van der Waals surface area contributed by atoms with Crippen molar-refractivity contribution in [3.8, 4) is 11.5 Å². The van der Waals surface area contributed by atoms with Gasteiger partial charge < -0.3 is 14.8 Å². The molecule has 3 heteroatoms. The van der Waals surface area contributed by atoms with E-state index >= 15 is 0 Å². The summed E-state index contributed by atoms with van der Waals surface area (Å²) in [5.74, 6) is 1.73. The van der Waals surface area contributed by atoms with Gasteiger partial charge in [-0.3, -0.25) is 0 Å². The lowest BCUT2D eigenvalue weighted by atomic mass is 10.1. The third-order valence-corrected chi connectivity index (χ3v) is 3.55. The van der Waals surface area contributed by atoms with Gasteiger partial charge in [0, 0.05) is 18.2 Å². The van der Waals surface area contributed by atoms with Crippen molar-refractivity contribution in [2.75, 3.05) is 13.2 Å². The predicted octanol–water partition coefficient (Wildman–Crippen LogP) is 3.31. The smallest absolute Gasteiger partial charge is 0.165 e. The quantitative estimate of drug-likeness (QED) is 0.923. The molecule has 104 valence electrons. The average Bonchev–Trinajstić information content (AvgIpc) is 2.53. The number of hydrogen-bond donors (Lipinski definition) is 1. The summed E-state index contributed by atoms with van der Waals surface area (Å²) in [5.41, 5.74) is 2.43.